The number of hydrogen-bond acceptors (Lipinski definition) is 5. The molecule has 0 spiro atoms. The molecule has 0 radical (unpaired) electrons. The summed E-state index contributed by atoms with van der Waals surface area (Å²) in [4.78, 5) is 32.0. The van der Waals surface area contributed by atoms with Crippen LogP contribution in [0.2, 0.25) is 0 Å². The monoisotopic (exact) mass is 370 g/mol. The van der Waals surface area contributed by atoms with Crippen LogP contribution in [0.4, 0.5) is 17.1 Å². The molecule has 0 saturated carbocycles. The third-order valence-electron chi connectivity index (χ3n) is 5.04. The first-order valence-electron chi connectivity index (χ1n) is 8.91. The van der Waals surface area contributed by atoms with Gasteiger partial charge in [-0.25, -0.2) is 0 Å². The Morgan fingerprint density at radius 1 is 1.08 bits per heavy atom. The Hall–Kier alpha value is -2.22. The number of thiophene rings is 1. The van der Waals surface area contributed by atoms with Crippen LogP contribution in [0.5, 0.6) is 0 Å². The fourth-order valence-corrected chi connectivity index (χ4v) is 4.31. The topological polar surface area (TPSA) is 55.9 Å². The number of carbonyl (C=O) groups is 2. The number of carbonyl (C=O) groups excluding carboxylic acids is 2. The molecule has 1 aromatic carbocycles. The van der Waals surface area contributed by atoms with E-state index >= 15 is 0 Å². The summed E-state index contributed by atoms with van der Waals surface area (Å²) >= 11 is 1.44. The molecule has 0 unspecified atom stereocenters. The molecule has 136 valence electrons. The van der Waals surface area contributed by atoms with Crippen molar-refractivity contribution in [2.75, 3.05) is 49.5 Å². The van der Waals surface area contributed by atoms with Crippen LogP contribution in [0.3, 0.4) is 0 Å². The summed E-state index contributed by atoms with van der Waals surface area (Å²) in [7, 11) is 0. The minimum Gasteiger partial charge on any atom is -0.320 e. The summed E-state index contributed by atoms with van der Waals surface area (Å²) in [6, 6.07) is 7.48. The lowest BCUT2D eigenvalue weighted by Gasteiger charge is -2.34. The molecule has 7 heteroatoms. The highest BCUT2D eigenvalue weighted by Crippen LogP contribution is 2.39. The van der Waals surface area contributed by atoms with Crippen LogP contribution in [0, 0.1) is 0 Å². The van der Waals surface area contributed by atoms with Crippen molar-refractivity contribution in [1.82, 2.24) is 9.80 Å². The number of piperazine rings is 1. The molecular weight excluding hydrogens is 348 g/mol. The van der Waals surface area contributed by atoms with Gasteiger partial charge in [0, 0.05) is 36.9 Å². The highest BCUT2D eigenvalue weighted by Gasteiger charge is 2.31. The number of rotatable bonds is 3. The third-order valence-corrected chi connectivity index (χ3v) is 5.77. The molecule has 1 saturated heterocycles. The Balaban J connectivity index is 1.62. The second kappa shape index (κ2) is 7.19. The number of fused-ring (bicyclic) bond motifs is 2. The van der Waals surface area contributed by atoms with E-state index in [0.717, 1.165) is 38.4 Å². The number of hydrogen-bond donors (Lipinski definition) is 1. The van der Waals surface area contributed by atoms with E-state index in [1.165, 1.54) is 11.3 Å². The standard InChI is InChI=1S/C19H22N4O2S/c1-2-21-7-9-22(10-8-21)11-18(24)23-16-6-4-3-5-15(16)20-19(25)14-12-26-13-17(14)23/h3-6,12-13H,2,7-11H2,1H3,(H,20,25). The first kappa shape index (κ1) is 17.2. The Bertz CT molecular complexity index is 826. The second-order valence-electron chi connectivity index (χ2n) is 6.58. The van der Waals surface area contributed by atoms with Gasteiger partial charge in [0.05, 0.1) is 29.2 Å². The van der Waals surface area contributed by atoms with Crippen molar-refractivity contribution in [3.8, 4) is 0 Å². The summed E-state index contributed by atoms with van der Waals surface area (Å²) in [5.41, 5.74) is 2.63. The molecule has 0 atom stereocenters. The highest BCUT2D eigenvalue weighted by molar-refractivity contribution is 7.08. The molecular formula is C19H22N4O2S. The van der Waals surface area contributed by atoms with E-state index in [2.05, 4.69) is 22.0 Å². The number of anilines is 3. The molecule has 1 N–H and O–H groups in total. The van der Waals surface area contributed by atoms with Gasteiger partial charge in [-0.2, -0.15) is 0 Å². The van der Waals surface area contributed by atoms with Crippen molar-refractivity contribution in [3.63, 3.8) is 0 Å². The number of para-hydroxylation sites is 2. The van der Waals surface area contributed by atoms with Gasteiger partial charge in [0.1, 0.15) is 0 Å². The molecule has 0 aliphatic carbocycles. The van der Waals surface area contributed by atoms with E-state index in [0.29, 0.717) is 23.5 Å². The number of amides is 2. The molecule has 2 aromatic rings. The molecule has 0 bridgehead atoms. The van der Waals surface area contributed by atoms with Gasteiger partial charge in [-0.05, 0) is 18.7 Å². The maximum atomic E-state index is 13.2. The third kappa shape index (κ3) is 3.13. The zero-order chi connectivity index (χ0) is 18.1. The maximum Gasteiger partial charge on any atom is 0.258 e. The van der Waals surface area contributed by atoms with Gasteiger partial charge in [-0.3, -0.25) is 19.4 Å². The minimum atomic E-state index is -0.166. The molecule has 3 heterocycles. The van der Waals surface area contributed by atoms with E-state index in [9.17, 15) is 9.59 Å². The van der Waals surface area contributed by atoms with Crippen molar-refractivity contribution in [3.05, 3.63) is 40.6 Å². The van der Waals surface area contributed by atoms with E-state index in [1.807, 2.05) is 29.6 Å². The number of nitrogens with one attached hydrogen (secondary N) is 1. The Kier molecular flexibility index (Phi) is 4.76. The fraction of sp³-hybridized carbons (Fsp3) is 0.368. The molecule has 26 heavy (non-hydrogen) atoms. The molecule has 4 rings (SSSR count). The fourth-order valence-electron chi connectivity index (χ4n) is 3.52. The summed E-state index contributed by atoms with van der Waals surface area (Å²) in [6.45, 7) is 7.33. The molecule has 6 nitrogen and oxygen atoms in total. The molecule has 2 aliphatic heterocycles. The summed E-state index contributed by atoms with van der Waals surface area (Å²) in [5.74, 6) is -0.167. The average Bonchev–Trinajstić information content (AvgIpc) is 3.09. The lowest BCUT2D eigenvalue weighted by atomic mass is 10.2. The van der Waals surface area contributed by atoms with Crippen LogP contribution in [0.15, 0.2) is 35.0 Å². The molecule has 1 fully saturated rings. The maximum absolute atomic E-state index is 13.2. The van der Waals surface area contributed by atoms with Crippen LogP contribution in [-0.2, 0) is 4.79 Å². The Labute approximate surface area is 157 Å². The van der Waals surface area contributed by atoms with Crippen LogP contribution in [-0.4, -0.2) is 60.9 Å². The predicted molar refractivity (Wildman–Crippen MR) is 104 cm³/mol. The quantitative estimate of drug-likeness (QED) is 0.902. The predicted octanol–water partition coefficient (Wildman–Crippen LogP) is 2.62. The van der Waals surface area contributed by atoms with Crippen molar-refractivity contribution in [1.29, 1.82) is 0 Å². The van der Waals surface area contributed by atoms with Crippen LogP contribution >= 0.6 is 11.3 Å². The van der Waals surface area contributed by atoms with Crippen molar-refractivity contribution in [2.24, 2.45) is 0 Å². The second-order valence-corrected chi connectivity index (χ2v) is 7.33. The van der Waals surface area contributed by atoms with Gasteiger partial charge in [-0.1, -0.05) is 19.1 Å². The lowest BCUT2D eigenvalue weighted by Crippen LogP contribution is -2.49. The SMILES string of the molecule is CCN1CCN(CC(=O)N2c3ccccc3NC(=O)c3cscc32)CC1. The van der Waals surface area contributed by atoms with E-state index < -0.39 is 0 Å². The van der Waals surface area contributed by atoms with Gasteiger partial charge in [0.2, 0.25) is 5.91 Å². The minimum absolute atomic E-state index is 0.00134. The first-order valence-corrected chi connectivity index (χ1v) is 9.86. The van der Waals surface area contributed by atoms with Gasteiger partial charge in [-0.15, -0.1) is 11.3 Å². The van der Waals surface area contributed by atoms with E-state index in [4.69, 9.17) is 0 Å². The van der Waals surface area contributed by atoms with Crippen molar-refractivity contribution < 1.29 is 9.59 Å². The number of nitrogens with zero attached hydrogens (tertiary/aromatic N) is 3. The van der Waals surface area contributed by atoms with Crippen molar-refractivity contribution >= 4 is 40.2 Å². The van der Waals surface area contributed by atoms with Gasteiger partial charge in [0.15, 0.2) is 0 Å². The Morgan fingerprint density at radius 2 is 1.81 bits per heavy atom. The zero-order valence-corrected chi connectivity index (χ0v) is 15.6. The molecule has 1 aromatic heterocycles. The Morgan fingerprint density at radius 3 is 2.58 bits per heavy atom. The van der Waals surface area contributed by atoms with Crippen LogP contribution in [0.1, 0.15) is 17.3 Å². The summed E-state index contributed by atoms with van der Waals surface area (Å²) in [5, 5.41) is 6.60. The zero-order valence-electron chi connectivity index (χ0n) is 14.8. The molecule has 2 aliphatic rings. The largest absolute Gasteiger partial charge is 0.320 e. The van der Waals surface area contributed by atoms with Gasteiger partial charge in [0.25, 0.3) is 5.91 Å². The molecule has 2 amide bonds. The van der Waals surface area contributed by atoms with E-state index in [1.54, 1.807) is 10.3 Å². The number of benzene rings is 1. The van der Waals surface area contributed by atoms with E-state index in [-0.39, 0.29) is 11.8 Å². The summed E-state index contributed by atoms with van der Waals surface area (Å²) < 4.78 is 0. The van der Waals surface area contributed by atoms with Gasteiger partial charge < -0.3 is 10.2 Å². The highest BCUT2D eigenvalue weighted by atomic mass is 32.1. The van der Waals surface area contributed by atoms with Crippen molar-refractivity contribution in [2.45, 2.75) is 6.92 Å². The first-order chi connectivity index (χ1) is 12.7. The summed E-state index contributed by atoms with van der Waals surface area (Å²) in [6.07, 6.45) is 0. The van der Waals surface area contributed by atoms with Crippen LogP contribution in [0.25, 0.3) is 0 Å². The normalized spacial score (nSPS) is 18.0. The lowest BCUT2D eigenvalue weighted by molar-refractivity contribution is -0.119. The smallest absolute Gasteiger partial charge is 0.258 e. The van der Waals surface area contributed by atoms with Gasteiger partial charge >= 0.3 is 0 Å². The average molecular weight is 370 g/mol. The number of likely N-dealkylation sites (N-methyl/N-ethyl adjacent to an activating group) is 1. The van der Waals surface area contributed by atoms with Crippen LogP contribution < -0.4 is 10.2 Å².